The molecule has 0 spiro atoms. The summed E-state index contributed by atoms with van der Waals surface area (Å²) in [5, 5.41) is 0.526. The Balaban J connectivity index is 1.89. The van der Waals surface area contributed by atoms with E-state index in [-0.39, 0.29) is 0 Å². The van der Waals surface area contributed by atoms with Gasteiger partial charge in [-0.25, -0.2) is 0 Å². The number of ether oxygens (including phenoxy) is 1. The lowest BCUT2D eigenvalue weighted by molar-refractivity contribution is 0.483. The Morgan fingerprint density at radius 3 is 2.23 bits per heavy atom. The van der Waals surface area contributed by atoms with E-state index in [2.05, 4.69) is 0 Å². The third-order valence-corrected chi connectivity index (χ3v) is 3.61. The Labute approximate surface area is 134 Å². The molecule has 22 heavy (non-hydrogen) atoms. The molecule has 0 atom stereocenters. The van der Waals surface area contributed by atoms with Crippen molar-refractivity contribution in [3.05, 3.63) is 71.8 Å². The van der Waals surface area contributed by atoms with Crippen LogP contribution in [-0.2, 0) is 0 Å². The standard InChI is InChI=1S/C18H15ClN2O/c19-16-11-12(15-3-1-2-4-17(15)21)5-10-18(16)22-14-8-6-13(20)7-9-14/h1-11H,20-21H2. The van der Waals surface area contributed by atoms with Gasteiger partial charge in [0.1, 0.15) is 11.5 Å². The van der Waals surface area contributed by atoms with Gasteiger partial charge in [0.25, 0.3) is 0 Å². The Kier molecular flexibility index (Phi) is 3.90. The van der Waals surface area contributed by atoms with Gasteiger partial charge in [-0.05, 0) is 48.0 Å². The van der Waals surface area contributed by atoms with E-state index in [0.29, 0.717) is 27.9 Å². The summed E-state index contributed by atoms with van der Waals surface area (Å²) in [5.41, 5.74) is 14.9. The number of para-hydroxylation sites is 1. The van der Waals surface area contributed by atoms with E-state index in [1.54, 1.807) is 24.3 Å². The van der Waals surface area contributed by atoms with Crippen molar-refractivity contribution >= 4 is 23.0 Å². The number of benzene rings is 3. The summed E-state index contributed by atoms with van der Waals surface area (Å²) in [7, 11) is 0. The minimum atomic E-state index is 0.526. The molecule has 0 aliphatic heterocycles. The second kappa shape index (κ2) is 6.00. The van der Waals surface area contributed by atoms with E-state index >= 15 is 0 Å². The van der Waals surface area contributed by atoms with Crippen molar-refractivity contribution in [2.45, 2.75) is 0 Å². The number of nitrogen functional groups attached to an aromatic ring is 2. The van der Waals surface area contributed by atoms with Gasteiger partial charge in [0.15, 0.2) is 0 Å². The molecule has 0 aromatic heterocycles. The smallest absolute Gasteiger partial charge is 0.146 e. The van der Waals surface area contributed by atoms with Crippen LogP contribution in [0.4, 0.5) is 11.4 Å². The molecule has 0 unspecified atom stereocenters. The summed E-state index contributed by atoms with van der Waals surface area (Å²) in [6.45, 7) is 0. The molecule has 3 aromatic rings. The molecule has 0 saturated carbocycles. The molecule has 0 fully saturated rings. The van der Waals surface area contributed by atoms with Crippen LogP contribution in [0.25, 0.3) is 11.1 Å². The molecule has 0 saturated heterocycles. The molecule has 0 aliphatic carbocycles. The average molecular weight is 311 g/mol. The van der Waals surface area contributed by atoms with Crippen LogP contribution in [0.3, 0.4) is 0 Å². The molecule has 3 nitrogen and oxygen atoms in total. The largest absolute Gasteiger partial charge is 0.456 e. The molecule has 4 N–H and O–H groups in total. The Morgan fingerprint density at radius 1 is 0.818 bits per heavy atom. The van der Waals surface area contributed by atoms with Crippen LogP contribution in [0.15, 0.2) is 66.7 Å². The fourth-order valence-corrected chi connectivity index (χ4v) is 2.39. The first-order chi connectivity index (χ1) is 10.6. The molecule has 4 heteroatoms. The summed E-state index contributed by atoms with van der Waals surface area (Å²) < 4.78 is 5.77. The number of hydrogen-bond acceptors (Lipinski definition) is 3. The highest BCUT2D eigenvalue weighted by molar-refractivity contribution is 6.32. The summed E-state index contributed by atoms with van der Waals surface area (Å²) in [6.07, 6.45) is 0. The van der Waals surface area contributed by atoms with Gasteiger partial charge in [-0.3, -0.25) is 0 Å². The average Bonchev–Trinajstić information content (AvgIpc) is 2.52. The second-order valence-corrected chi connectivity index (χ2v) is 5.31. The zero-order valence-corrected chi connectivity index (χ0v) is 12.5. The zero-order valence-electron chi connectivity index (χ0n) is 11.8. The van der Waals surface area contributed by atoms with Gasteiger partial charge in [-0.15, -0.1) is 0 Å². The summed E-state index contributed by atoms with van der Waals surface area (Å²) in [5.74, 6) is 1.27. The SMILES string of the molecule is Nc1ccc(Oc2ccc(-c3ccccc3N)cc2Cl)cc1. The number of nitrogens with two attached hydrogens (primary N) is 2. The van der Waals surface area contributed by atoms with Gasteiger partial charge in [-0.1, -0.05) is 35.9 Å². The maximum absolute atomic E-state index is 6.32. The highest BCUT2D eigenvalue weighted by atomic mass is 35.5. The molecule has 0 heterocycles. The minimum Gasteiger partial charge on any atom is -0.456 e. The van der Waals surface area contributed by atoms with E-state index in [4.69, 9.17) is 27.8 Å². The monoisotopic (exact) mass is 310 g/mol. The molecule has 0 amide bonds. The van der Waals surface area contributed by atoms with Crippen molar-refractivity contribution < 1.29 is 4.74 Å². The molecule has 0 radical (unpaired) electrons. The van der Waals surface area contributed by atoms with Crippen LogP contribution < -0.4 is 16.2 Å². The molecular formula is C18H15ClN2O. The predicted octanol–water partition coefficient (Wildman–Crippen LogP) is 4.96. The quantitative estimate of drug-likeness (QED) is 0.672. The van der Waals surface area contributed by atoms with Crippen molar-refractivity contribution in [3.63, 3.8) is 0 Å². The topological polar surface area (TPSA) is 61.3 Å². The summed E-state index contributed by atoms with van der Waals surface area (Å²) in [4.78, 5) is 0. The van der Waals surface area contributed by atoms with E-state index < -0.39 is 0 Å². The Bertz CT molecular complexity index is 800. The number of hydrogen-bond donors (Lipinski definition) is 2. The van der Waals surface area contributed by atoms with Gasteiger partial charge < -0.3 is 16.2 Å². The summed E-state index contributed by atoms with van der Waals surface area (Å²) >= 11 is 6.32. The molecule has 110 valence electrons. The van der Waals surface area contributed by atoms with E-state index in [1.165, 1.54) is 0 Å². The number of anilines is 2. The molecular weight excluding hydrogens is 296 g/mol. The zero-order chi connectivity index (χ0) is 15.5. The van der Waals surface area contributed by atoms with Crippen LogP contribution in [-0.4, -0.2) is 0 Å². The minimum absolute atomic E-state index is 0.526. The van der Waals surface area contributed by atoms with E-state index in [0.717, 1.165) is 11.1 Å². The third kappa shape index (κ3) is 3.00. The van der Waals surface area contributed by atoms with E-state index in [1.807, 2.05) is 42.5 Å². The van der Waals surface area contributed by atoms with Gasteiger partial charge in [0.05, 0.1) is 5.02 Å². The maximum Gasteiger partial charge on any atom is 0.146 e. The van der Waals surface area contributed by atoms with Crippen molar-refractivity contribution in [2.24, 2.45) is 0 Å². The lowest BCUT2D eigenvalue weighted by Gasteiger charge is -2.11. The van der Waals surface area contributed by atoms with Crippen LogP contribution in [0, 0.1) is 0 Å². The second-order valence-electron chi connectivity index (χ2n) is 4.90. The number of halogens is 1. The predicted molar refractivity (Wildman–Crippen MR) is 92.2 cm³/mol. The normalized spacial score (nSPS) is 10.4. The van der Waals surface area contributed by atoms with Crippen LogP contribution in [0.2, 0.25) is 5.02 Å². The lowest BCUT2D eigenvalue weighted by atomic mass is 10.0. The first kappa shape index (κ1) is 14.3. The van der Waals surface area contributed by atoms with Crippen molar-refractivity contribution in [3.8, 4) is 22.6 Å². The number of rotatable bonds is 3. The van der Waals surface area contributed by atoms with Crippen LogP contribution in [0.1, 0.15) is 0 Å². The van der Waals surface area contributed by atoms with Gasteiger partial charge in [-0.2, -0.15) is 0 Å². The molecule has 0 bridgehead atoms. The third-order valence-electron chi connectivity index (χ3n) is 3.31. The molecule has 3 aromatic carbocycles. The van der Waals surface area contributed by atoms with Gasteiger partial charge >= 0.3 is 0 Å². The van der Waals surface area contributed by atoms with Crippen LogP contribution in [0.5, 0.6) is 11.5 Å². The first-order valence-corrected chi connectivity index (χ1v) is 7.19. The van der Waals surface area contributed by atoms with Crippen molar-refractivity contribution in [2.75, 3.05) is 11.5 Å². The highest BCUT2D eigenvalue weighted by Crippen LogP contribution is 2.35. The Morgan fingerprint density at radius 2 is 1.55 bits per heavy atom. The lowest BCUT2D eigenvalue weighted by Crippen LogP contribution is -1.91. The molecule has 0 aliphatic rings. The van der Waals surface area contributed by atoms with E-state index in [9.17, 15) is 0 Å². The van der Waals surface area contributed by atoms with Crippen LogP contribution >= 0.6 is 11.6 Å². The maximum atomic E-state index is 6.32. The van der Waals surface area contributed by atoms with Gasteiger partial charge in [0.2, 0.25) is 0 Å². The summed E-state index contributed by atoms with van der Waals surface area (Å²) in [6, 6.07) is 20.4. The van der Waals surface area contributed by atoms with Crippen molar-refractivity contribution in [1.82, 2.24) is 0 Å². The molecule has 3 rings (SSSR count). The van der Waals surface area contributed by atoms with Gasteiger partial charge in [0, 0.05) is 16.9 Å². The fraction of sp³-hybridized carbons (Fsp3) is 0. The van der Waals surface area contributed by atoms with Crippen molar-refractivity contribution in [1.29, 1.82) is 0 Å². The highest BCUT2D eigenvalue weighted by Gasteiger charge is 2.07. The Hall–Kier alpha value is -2.65. The fourth-order valence-electron chi connectivity index (χ4n) is 2.17. The first-order valence-electron chi connectivity index (χ1n) is 6.81.